The molecule has 0 aliphatic rings. The minimum atomic E-state index is -0.294. The first-order chi connectivity index (χ1) is 9.08. The van der Waals surface area contributed by atoms with Gasteiger partial charge in [0.1, 0.15) is 11.6 Å². The van der Waals surface area contributed by atoms with Crippen molar-refractivity contribution >= 4 is 11.3 Å². The van der Waals surface area contributed by atoms with Crippen molar-refractivity contribution in [2.75, 3.05) is 6.61 Å². The van der Waals surface area contributed by atoms with E-state index < -0.39 is 0 Å². The average Bonchev–Trinajstić information content (AvgIpc) is 2.77. The van der Waals surface area contributed by atoms with Crippen molar-refractivity contribution in [3.63, 3.8) is 0 Å². The van der Waals surface area contributed by atoms with E-state index >= 15 is 0 Å². The van der Waals surface area contributed by atoms with Gasteiger partial charge >= 0.3 is 0 Å². The predicted octanol–water partition coefficient (Wildman–Crippen LogP) is 3.23. The molecule has 0 aliphatic carbocycles. The lowest BCUT2D eigenvalue weighted by Gasteiger charge is -2.14. The molecule has 2 rings (SSSR count). The van der Waals surface area contributed by atoms with E-state index in [4.69, 9.17) is 10.5 Å². The van der Waals surface area contributed by atoms with E-state index in [0.29, 0.717) is 17.9 Å². The molecule has 0 fully saturated rings. The maximum Gasteiger partial charge on any atom is 0.124 e. The van der Waals surface area contributed by atoms with Crippen LogP contribution in [0, 0.1) is 12.7 Å². The molecule has 0 amide bonds. The van der Waals surface area contributed by atoms with Gasteiger partial charge in [0.15, 0.2) is 0 Å². The normalized spacial score (nSPS) is 12.4. The second-order valence-electron chi connectivity index (χ2n) is 4.43. The van der Waals surface area contributed by atoms with Crippen molar-refractivity contribution < 1.29 is 9.13 Å². The summed E-state index contributed by atoms with van der Waals surface area (Å²) in [4.78, 5) is 5.41. The van der Waals surface area contributed by atoms with Crippen LogP contribution in [0.3, 0.4) is 0 Å². The van der Waals surface area contributed by atoms with Crippen LogP contribution in [0.15, 0.2) is 23.7 Å². The topological polar surface area (TPSA) is 48.1 Å². The molecule has 0 spiro atoms. The Kier molecular flexibility index (Phi) is 4.50. The largest absolute Gasteiger partial charge is 0.493 e. The van der Waals surface area contributed by atoms with Crippen molar-refractivity contribution in [2.45, 2.75) is 26.3 Å². The Bertz CT molecular complexity index is 554. The number of hydrogen-bond acceptors (Lipinski definition) is 4. The summed E-state index contributed by atoms with van der Waals surface area (Å²) < 4.78 is 18.9. The first kappa shape index (κ1) is 14.0. The fourth-order valence-electron chi connectivity index (χ4n) is 1.83. The van der Waals surface area contributed by atoms with E-state index in [0.717, 1.165) is 12.1 Å². The summed E-state index contributed by atoms with van der Waals surface area (Å²) in [6.07, 6.45) is 0.798. The molecule has 2 N–H and O–H groups in total. The highest BCUT2D eigenvalue weighted by molar-refractivity contribution is 7.09. The fourth-order valence-corrected chi connectivity index (χ4v) is 2.59. The second kappa shape index (κ2) is 6.12. The zero-order valence-corrected chi connectivity index (χ0v) is 11.8. The second-order valence-corrected chi connectivity index (χ2v) is 5.37. The predicted molar refractivity (Wildman–Crippen MR) is 75.1 cm³/mol. The Morgan fingerprint density at radius 2 is 2.26 bits per heavy atom. The lowest BCUT2D eigenvalue weighted by atomic mass is 10.1. The van der Waals surface area contributed by atoms with Gasteiger partial charge in [-0.1, -0.05) is 0 Å². The van der Waals surface area contributed by atoms with Crippen molar-refractivity contribution in [3.8, 4) is 5.75 Å². The average molecular weight is 280 g/mol. The van der Waals surface area contributed by atoms with Gasteiger partial charge in [-0.05, 0) is 32.0 Å². The molecule has 2 aromatic rings. The van der Waals surface area contributed by atoms with E-state index in [1.54, 1.807) is 17.4 Å². The number of ether oxygens (including phenoxy) is 1. The van der Waals surface area contributed by atoms with Crippen LogP contribution in [0.2, 0.25) is 0 Å². The number of halogens is 1. The molecule has 1 aromatic heterocycles. The molecule has 19 heavy (non-hydrogen) atoms. The maximum absolute atomic E-state index is 13.2. The van der Waals surface area contributed by atoms with E-state index in [1.807, 2.05) is 19.4 Å². The smallest absolute Gasteiger partial charge is 0.124 e. The monoisotopic (exact) mass is 280 g/mol. The first-order valence-electron chi connectivity index (χ1n) is 6.14. The van der Waals surface area contributed by atoms with E-state index in [9.17, 15) is 4.39 Å². The number of rotatable bonds is 5. The summed E-state index contributed by atoms with van der Waals surface area (Å²) in [5.74, 6) is 0.358. The Morgan fingerprint density at radius 3 is 2.89 bits per heavy atom. The molecule has 0 saturated carbocycles. The molecule has 0 bridgehead atoms. The van der Waals surface area contributed by atoms with Crippen LogP contribution in [0.4, 0.5) is 4.39 Å². The van der Waals surface area contributed by atoms with E-state index in [2.05, 4.69) is 4.98 Å². The van der Waals surface area contributed by atoms with Crippen molar-refractivity contribution in [1.82, 2.24) is 4.98 Å². The Hall–Kier alpha value is -1.46. The standard InChI is InChI=1S/C14H17FN2OS/c1-9(16)12-7-11(15)3-4-13(12)18-6-5-14-10(2)17-8-19-14/h3-4,7-9H,5-6,16H2,1-2H3/t9-/m0/s1. The highest BCUT2D eigenvalue weighted by Crippen LogP contribution is 2.25. The zero-order chi connectivity index (χ0) is 13.8. The molecule has 1 atom stereocenters. The van der Waals surface area contributed by atoms with Gasteiger partial charge in [-0.2, -0.15) is 0 Å². The summed E-state index contributed by atoms with van der Waals surface area (Å²) in [7, 11) is 0. The molecule has 1 heterocycles. The molecule has 102 valence electrons. The molecular weight excluding hydrogens is 263 g/mol. The summed E-state index contributed by atoms with van der Waals surface area (Å²) in [6.45, 7) is 4.33. The van der Waals surface area contributed by atoms with Crippen LogP contribution in [0.1, 0.15) is 29.1 Å². The first-order valence-corrected chi connectivity index (χ1v) is 7.02. The van der Waals surface area contributed by atoms with Crippen molar-refractivity contribution in [1.29, 1.82) is 0 Å². The highest BCUT2D eigenvalue weighted by Gasteiger charge is 2.10. The SMILES string of the molecule is Cc1ncsc1CCOc1ccc(F)cc1[C@H](C)N. The molecule has 0 radical (unpaired) electrons. The summed E-state index contributed by atoms with van der Waals surface area (Å²) in [6, 6.07) is 4.20. The minimum Gasteiger partial charge on any atom is -0.493 e. The Balaban J connectivity index is 2.01. The molecule has 3 nitrogen and oxygen atoms in total. The van der Waals surface area contributed by atoms with Crippen LogP contribution in [0.25, 0.3) is 0 Å². The summed E-state index contributed by atoms with van der Waals surface area (Å²) in [5, 5.41) is 0. The Labute approximate surface area is 116 Å². The number of hydrogen-bond donors (Lipinski definition) is 1. The molecule has 5 heteroatoms. The third kappa shape index (κ3) is 3.52. The van der Waals surface area contributed by atoms with Gasteiger partial charge in [-0.3, -0.25) is 0 Å². The molecule has 1 aromatic carbocycles. The lowest BCUT2D eigenvalue weighted by molar-refractivity contribution is 0.317. The number of benzene rings is 1. The maximum atomic E-state index is 13.2. The van der Waals surface area contributed by atoms with Gasteiger partial charge in [0, 0.05) is 22.9 Å². The summed E-state index contributed by atoms with van der Waals surface area (Å²) in [5.41, 5.74) is 9.39. The van der Waals surface area contributed by atoms with E-state index in [1.165, 1.54) is 17.0 Å². The van der Waals surface area contributed by atoms with Gasteiger partial charge in [0.2, 0.25) is 0 Å². The quantitative estimate of drug-likeness (QED) is 0.914. The van der Waals surface area contributed by atoms with E-state index in [-0.39, 0.29) is 11.9 Å². The number of nitrogens with zero attached hydrogens (tertiary/aromatic N) is 1. The summed E-state index contributed by atoms with van der Waals surface area (Å²) >= 11 is 1.62. The third-order valence-electron chi connectivity index (χ3n) is 2.89. The third-order valence-corrected chi connectivity index (χ3v) is 3.89. The molecular formula is C14H17FN2OS. The molecule has 0 aliphatic heterocycles. The van der Waals surface area contributed by atoms with Crippen molar-refractivity contribution in [2.24, 2.45) is 5.73 Å². The fraction of sp³-hybridized carbons (Fsp3) is 0.357. The number of aryl methyl sites for hydroxylation is 1. The minimum absolute atomic E-state index is 0.254. The highest BCUT2D eigenvalue weighted by atomic mass is 32.1. The van der Waals surface area contributed by atoms with Crippen LogP contribution in [-0.2, 0) is 6.42 Å². The van der Waals surface area contributed by atoms with Gasteiger partial charge in [-0.25, -0.2) is 9.37 Å². The van der Waals surface area contributed by atoms with Crippen LogP contribution in [0.5, 0.6) is 5.75 Å². The van der Waals surface area contributed by atoms with Crippen LogP contribution < -0.4 is 10.5 Å². The van der Waals surface area contributed by atoms with Crippen LogP contribution in [-0.4, -0.2) is 11.6 Å². The molecule has 0 unspecified atom stereocenters. The van der Waals surface area contributed by atoms with Gasteiger partial charge in [0.05, 0.1) is 17.8 Å². The zero-order valence-electron chi connectivity index (χ0n) is 11.0. The number of nitrogens with two attached hydrogens (primary N) is 1. The van der Waals surface area contributed by atoms with Gasteiger partial charge in [-0.15, -0.1) is 11.3 Å². The number of thiazole rings is 1. The van der Waals surface area contributed by atoms with Crippen molar-refractivity contribution in [3.05, 3.63) is 45.7 Å². The Morgan fingerprint density at radius 1 is 1.47 bits per heavy atom. The van der Waals surface area contributed by atoms with Crippen LogP contribution >= 0.6 is 11.3 Å². The lowest BCUT2D eigenvalue weighted by Crippen LogP contribution is -2.10. The van der Waals surface area contributed by atoms with Gasteiger partial charge in [0.25, 0.3) is 0 Å². The number of aromatic nitrogens is 1. The molecule has 0 saturated heterocycles. The van der Waals surface area contributed by atoms with Gasteiger partial charge < -0.3 is 10.5 Å².